The second-order valence-corrected chi connectivity index (χ2v) is 4.01. The third-order valence-electron chi connectivity index (χ3n) is 2.51. The number of rotatable bonds is 4. The number of aromatic nitrogens is 1. The molecule has 21 heavy (non-hydrogen) atoms. The van der Waals surface area contributed by atoms with Crippen LogP contribution in [0.2, 0.25) is 0 Å². The van der Waals surface area contributed by atoms with Gasteiger partial charge in [-0.1, -0.05) is 0 Å². The van der Waals surface area contributed by atoms with Crippen molar-refractivity contribution in [3.05, 3.63) is 47.7 Å². The normalized spacial score (nSPS) is 10.2. The number of nitrogen functional groups attached to an aromatic ring is 1. The van der Waals surface area contributed by atoms with E-state index in [4.69, 9.17) is 15.2 Å². The molecule has 2 aromatic rings. The maximum absolute atomic E-state index is 13.5. The summed E-state index contributed by atoms with van der Waals surface area (Å²) >= 11 is 0. The lowest BCUT2D eigenvalue weighted by atomic mass is 10.2. The first-order chi connectivity index (χ1) is 10.0. The largest absolute Gasteiger partial charge is 0.462 e. The number of nitrogens with two attached hydrogens (primary N) is 1. The Labute approximate surface area is 119 Å². The molecule has 2 N–H and O–H groups in total. The zero-order valence-corrected chi connectivity index (χ0v) is 11.1. The summed E-state index contributed by atoms with van der Waals surface area (Å²) < 4.78 is 36.3. The van der Waals surface area contributed by atoms with Crippen molar-refractivity contribution >= 4 is 11.7 Å². The summed E-state index contributed by atoms with van der Waals surface area (Å²) in [6.07, 6.45) is 1.20. The molecule has 110 valence electrons. The number of anilines is 1. The standard InChI is InChI=1S/C14H12F2N2O3/c1-2-20-14(19)9-6-13(18-7-11(9)17)21-12-4-3-8(15)5-10(12)16/h3-7H,2,17H2,1H3. The van der Waals surface area contributed by atoms with Crippen LogP contribution in [0.25, 0.3) is 0 Å². The molecule has 0 saturated heterocycles. The molecule has 0 atom stereocenters. The van der Waals surface area contributed by atoms with Gasteiger partial charge in [-0.15, -0.1) is 0 Å². The van der Waals surface area contributed by atoms with Crippen molar-refractivity contribution in [1.29, 1.82) is 0 Å². The SMILES string of the molecule is CCOC(=O)c1cc(Oc2ccc(F)cc2F)ncc1N. The highest BCUT2D eigenvalue weighted by atomic mass is 19.1. The first-order valence-corrected chi connectivity index (χ1v) is 6.06. The third kappa shape index (κ3) is 3.44. The Morgan fingerprint density at radius 2 is 2.10 bits per heavy atom. The number of halogens is 2. The van der Waals surface area contributed by atoms with E-state index in [9.17, 15) is 13.6 Å². The van der Waals surface area contributed by atoms with E-state index in [1.807, 2.05) is 0 Å². The van der Waals surface area contributed by atoms with E-state index in [0.29, 0.717) is 6.07 Å². The molecule has 1 aromatic heterocycles. The highest BCUT2D eigenvalue weighted by molar-refractivity contribution is 5.95. The van der Waals surface area contributed by atoms with Gasteiger partial charge in [-0.3, -0.25) is 0 Å². The molecule has 5 nitrogen and oxygen atoms in total. The number of carbonyl (C=O) groups is 1. The molecular weight excluding hydrogens is 282 g/mol. The molecule has 1 heterocycles. The maximum Gasteiger partial charge on any atom is 0.340 e. The fourth-order valence-electron chi connectivity index (χ4n) is 1.56. The predicted molar refractivity (Wildman–Crippen MR) is 71.0 cm³/mol. The maximum atomic E-state index is 13.5. The van der Waals surface area contributed by atoms with Crippen LogP contribution < -0.4 is 10.5 Å². The van der Waals surface area contributed by atoms with Gasteiger partial charge in [0.1, 0.15) is 5.82 Å². The van der Waals surface area contributed by atoms with Crippen molar-refractivity contribution in [3.8, 4) is 11.6 Å². The van der Waals surface area contributed by atoms with Crippen molar-refractivity contribution in [2.24, 2.45) is 0 Å². The van der Waals surface area contributed by atoms with Gasteiger partial charge in [-0.2, -0.15) is 0 Å². The number of ether oxygens (including phenoxy) is 2. The van der Waals surface area contributed by atoms with Crippen LogP contribution in [0.15, 0.2) is 30.5 Å². The zero-order valence-electron chi connectivity index (χ0n) is 11.1. The molecule has 1 aromatic carbocycles. The second-order valence-electron chi connectivity index (χ2n) is 4.01. The summed E-state index contributed by atoms with van der Waals surface area (Å²) in [5.74, 6) is -2.52. The monoisotopic (exact) mass is 294 g/mol. The molecule has 2 rings (SSSR count). The molecule has 0 radical (unpaired) electrons. The smallest absolute Gasteiger partial charge is 0.340 e. The minimum absolute atomic E-state index is 0.0576. The Morgan fingerprint density at radius 3 is 2.76 bits per heavy atom. The molecule has 0 aliphatic heterocycles. The van der Waals surface area contributed by atoms with Gasteiger partial charge in [0, 0.05) is 12.1 Å². The van der Waals surface area contributed by atoms with Gasteiger partial charge in [0.2, 0.25) is 5.88 Å². The summed E-state index contributed by atoms with van der Waals surface area (Å²) in [6, 6.07) is 4.07. The van der Waals surface area contributed by atoms with Crippen LogP contribution in [0.5, 0.6) is 11.6 Å². The summed E-state index contributed by atoms with van der Waals surface area (Å²) in [5, 5.41) is 0. The average molecular weight is 294 g/mol. The molecule has 0 aliphatic rings. The van der Waals surface area contributed by atoms with Crippen LogP contribution in [0.3, 0.4) is 0 Å². The van der Waals surface area contributed by atoms with Gasteiger partial charge in [0.05, 0.1) is 24.1 Å². The third-order valence-corrected chi connectivity index (χ3v) is 2.51. The number of esters is 1. The fraction of sp³-hybridized carbons (Fsp3) is 0.143. The molecule has 0 bridgehead atoms. The Kier molecular flexibility index (Phi) is 4.32. The molecule has 0 saturated carbocycles. The van der Waals surface area contributed by atoms with Crippen LogP contribution in [-0.2, 0) is 4.74 Å². The zero-order chi connectivity index (χ0) is 15.4. The molecule has 7 heteroatoms. The van der Waals surface area contributed by atoms with Crippen LogP contribution in [0, 0.1) is 11.6 Å². The van der Waals surface area contributed by atoms with E-state index >= 15 is 0 Å². The first kappa shape index (κ1) is 14.7. The number of nitrogens with zero attached hydrogens (tertiary/aromatic N) is 1. The van der Waals surface area contributed by atoms with Crippen molar-refractivity contribution < 1.29 is 23.0 Å². The number of pyridine rings is 1. The number of carbonyl (C=O) groups excluding carboxylic acids is 1. The minimum atomic E-state index is -0.883. The van der Waals surface area contributed by atoms with Gasteiger partial charge < -0.3 is 15.2 Å². The quantitative estimate of drug-likeness (QED) is 0.878. The van der Waals surface area contributed by atoms with Crippen LogP contribution in [0.4, 0.5) is 14.5 Å². The Bertz CT molecular complexity index is 677. The summed E-state index contributed by atoms with van der Waals surface area (Å²) in [4.78, 5) is 15.5. The molecule has 0 aliphatic carbocycles. The van der Waals surface area contributed by atoms with Crippen molar-refractivity contribution in [2.45, 2.75) is 6.92 Å². The number of hydrogen-bond acceptors (Lipinski definition) is 5. The van der Waals surface area contributed by atoms with E-state index in [1.165, 1.54) is 12.3 Å². The number of hydrogen-bond donors (Lipinski definition) is 1. The molecule has 0 spiro atoms. The van der Waals surface area contributed by atoms with Gasteiger partial charge >= 0.3 is 5.97 Å². The Balaban J connectivity index is 2.28. The van der Waals surface area contributed by atoms with Crippen LogP contribution in [-0.4, -0.2) is 17.6 Å². The van der Waals surface area contributed by atoms with E-state index in [0.717, 1.165) is 12.1 Å². The van der Waals surface area contributed by atoms with Gasteiger partial charge in [-0.25, -0.2) is 18.6 Å². The van der Waals surface area contributed by atoms with E-state index < -0.39 is 17.6 Å². The van der Waals surface area contributed by atoms with E-state index in [1.54, 1.807) is 6.92 Å². The van der Waals surface area contributed by atoms with Crippen molar-refractivity contribution in [3.63, 3.8) is 0 Å². The highest BCUT2D eigenvalue weighted by Gasteiger charge is 2.14. The molecule has 0 fully saturated rings. The Morgan fingerprint density at radius 1 is 1.33 bits per heavy atom. The lowest BCUT2D eigenvalue weighted by Gasteiger charge is -2.09. The highest BCUT2D eigenvalue weighted by Crippen LogP contribution is 2.25. The fourth-order valence-corrected chi connectivity index (χ4v) is 1.56. The topological polar surface area (TPSA) is 74.4 Å². The average Bonchev–Trinajstić information content (AvgIpc) is 2.44. The van der Waals surface area contributed by atoms with Crippen LogP contribution in [0.1, 0.15) is 17.3 Å². The number of benzene rings is 1. The summed E-state index contributed by atoms with van der Waals surface area (Å²) in [6.45, 7) is 1.84. The van der Waals surface area contributed by atoms with Crippen LogP contribution >= 0.6 is 0 Å². The van der Waals surface area contributed by atoms with Crippen molar-refractivity contribution in [1.82, 2.24) is 4.98 Å². The lowest BCUT2D eigenvalue weighted by molar-refractivity contribution is 0.0527. The Hall–Kier alpha value is -2.70. The second kappa shape index (κ2) is 6.17. The minimum Gasteiger partial charge on any atom is -0.462 e. The van der Waals surface area contributed by atoms with Gasteiger partial charge in [0.25, 0.3) is 0 Å². The summed E-state index contributed by atoms with van der Waals surface area (Å²) in [5.41, 5.74) is 5.79. The van der Waals surface area contributed by atoms with E-state index in [2.05, 4.69) is 4.98 Å². The van der Waals surface area contributed by atoms with E-state index in [-0.39, 0.29) is 29.5 Å². The summed E-state index contributed by atoms with van der Waals surface area (Å²) in [7, 11) is 0. The first-order valence-electron chi connectivity index (χ1n) is 6.06. The van der Waals surface area contributed by atoms with Crippen molar-refractivity contribution in [2.75, 3.05) is 12.3 Å². The lowest BCUT2D eigenvalue weighted by Crippen LogP contribution is -2.09. The van der Waals surface area contributed by atoms with Gasteiger partial charge in [-0.05, 0) is 19.1 Å². The predicted octanol–water partition coefficient (Wildman–Crippen LogP) is 2.91. The molecular formula is C14H12F2N2O3. The molecule has 0 amide bonds. The van der Waals surface area contributed by atoms with Gasteiger partial charge in [0.15, 0.2) is 11.6 Å². The molecule has 0 unspecified atom stereocenters.